The molecule has 0 amide bonds. The van der Waals surface area contributed by atoms with E-state index in [1.807, 2.05) is 0 Å². The molecule has 2 aliphatic rings. The molecule has 2 nitrogen and oxygen atoms in total. The van der Waals surface area contributed by atoms with Crippen LogP contribution in [-0.2, 0) is 0 Å². The first-order valence-electron chi connectivity index (χ1n) is 9.03. The molecular weight excluding hydrogens is 244 g/mol. The summed E-state index contributed by atoms with van der Waals surface area (Å²) < 4.78 is 0. The number of nitrogens with one attached hydrogen (secondary N) is 1. The quantitative estimate of drug-likeness (QED) is 0.793. The summed E-state index contributed by atoms with van der Waals surface area (Å²) in [5.41, 5.74) is 0. The van der Waals surface area contributed by atoms with E-state index in [0.717, 1.165) is 29.8 Å². The van der Waals surface area contributed by atoms with Gasteiger partial charge >= 0.3 is 0 Å². The molecular formula is C18H36N2. The maximum atomic E-state index is 3.99. The molecule has 0 aromatic heterocycles. The van der Waals surface area contributed by atoms with Crippen molar-refractivity contribution in [2.45, 2.75) is 78.3 Å². The summed E-state index contributed by atoms with van der Waals surface area (Å²) in [4.78, 5) is 2.70. The highest BCUT2D eigenvalue weighted by Gasteiger charge is 2.32. The zero-order valence-corrected chi connectivity index (χ0v) is 14.2. The Morgan fingerprint density at radius 3 is 2.20 bits per heavy atom. The minimum atomic E-state index is 0.742. The molecule has 3 unspecified atom stereocenters. The molecule has 3 atom stereocenters. The maximum absolute atomic E-state index is 3.99. The third-order valence-electron chi connectivity index (χ3n) is 4.97. The van der Waals surface area contributed by atoms with Crippen LogP contribution < -0.4 is 5.32 Å². The summed E-state index contributed by atoms with van der Waals surface area (Å²) in [6.07, 6.45) is 8.69. The zero-order valence-electron chi connectivity index (χ0n) is 14.2. The molecule has 0 spiro atoms. The van der Waals surface area contributed by atoms with Crippen molar-refractivity contribution in [2.75, 3.05) is 19.6 Å². The minimum absolute atomic E-state index is 0.742. The lowest BCUT2D eigenvalue weighted by atomic mass is 9.77. The van der Waals surface area contributed by atoms with Gasteiger partial charge in [-0.1, -0.05) is 40.5 Å². The van der Waals surface area contributed by atoms with Crippen LogP contribution in [-0.4, -0.2) is 36.6 Å². The highest BCUT2D eigenvalue weighted by molar-refractivity contribution is 4.90. The van der Waals surface area contributed by atoms with E-state index in [1.54, 1.807) is 0 Å². The Morgan fingerprint density at radius 1 is 0.900 bits per heavy atom. The predicted octanol–water partition coefficient (Wildman–Crippen LogP) is 3.91. The molecule has 2 rings (SSSR count). The Labute approximate surface area is 126 Å². The van der Waals surface area contributed by atoms with Crippen LogP contribution in [0.3, 0.4) is 0 Å². The Balaban J connectivity index is 1.83. The largest absolute Gasteiger partial charge is 0.310 e. The molecule has 1 aliphatic heterocycles. The lowest BCUT2D eigenvalue weighted by Crippen LogP contribution is -2.53. The molecule has 0 radical (unpaired) electrons. The number of hydrogen-bond acceptors (Lipinski definition) is 2. The molecule has 1 aliphatic carbocycles. The normalized spacial score (nSPS) is 31.1. The molecule has 0 aromatic carbocycles. The summed E-state index contributed by atoms with van der Waals surface area (Å²) in [5, 5.41) is 3.99. The monoisotopic (exact) mass is 280 g/mol. The van der Waals surface area contributed by atoms with Gasteiger partial charge in [0.05, 0.1) is 0 Å². The van der Waals surface area contributed by atoms with Gasteiger partial charge in [0.15, 0.2) is 0 Å². The molecule has 1 heterocycles. The second-order valence-corrected chi connectivity index (χ2v) is 8.10. The van der Waals surface area contributed by atoms with Gasteiger partial charge in [-0.05, 0) is 43.4 Å². The van der Waals surface area contributed by atoms with Crippen LogP contribution in [0.15, 0.2) is 0 Å². The van der Waals surface area contributed by atoms with Crippen molar-refractivity contribution >= 4 is 0 Å². The number of piperidine rings is 1. The fourth-order valence-electron chi connectivity index (χ4n) is 4.29. The summed E-state index contributed by atoms with van der Waals surface area (Å²) in [5.74, 6) is 2.54. The molecule has 118 valence electrons. The first-order valence-corrected chi connectivity index (χ1v) is 9.03. The van der Waals surface area contributed by atoms with E-state index < -0.39 is 0 Å². The van der Waals surface area contributed by atoms with E-state index in [4.69, 9.17) is 0 Å². The summed E-state index contributed by atoms with van der Waals surface area (Å²) in [6, 6.07) is 1.58. The zero-order chi connectivity index (χ0) is 14.5. The Morgan fingerprint density at radius 2 is 1.55 bits per heavy atom. The third-order valence-corrected chi connectivity index (χ3v) is 4.97. The Hall–Kier alpha value is -0.0800. The van der Waals surface area contributed by atoms with Crippen LogP contribution in [0.2, 0.25) is 0 Å². The van der Waals surface area contributed by atoms with Crippen LogP contribution in [0.1, 0.15) is 66.2 Å². The fraction of sp³-hybridized carbons (Fsp3) is 1.00. The van der Waals surface area contributed by atoms with Gasteiger partial charge in [-0.25, -0.2) is 0 Å². The lowest BCUT2D eigenvalue weighted by molar-refractivity contribution is 0.131. The second kappa shape index (κ2) is 7.79. The first kappa shape index (κ1) is 16.3. The van der Waals surface area contributed by atoms with E-state index in [0.29, 0.717) is 0 Å². The van der Waals surface area contributed by atoms with Crippen molar-refractivity contribution in [1.29, 1.82) is 0 Å². The van der Waals surface area contributed by atoms with Gasteiger partial charge in [-0.3, -0.25) is 0 Å². The smallest absolute Gasteiger partial charge is 0.0197 e. The van der Waals surface area contributed by atoms with Crippen molar-refractivity contribution in [3.05, 3.63) is 0 Å². The van der Waals surface area contributed by atoms with Gasteiger partial charge in [0.1, 0.15) is 0 Å². The van der Waals surface area contributed by atoms with E-state index in [9.17, 15) is 0 Å². The number of nitrogens with zero attached hydrogens (tertiary/aromatic N) is 1. The Bertz CT molecular complexity index is 265. The SMILES string of the molecule is CC(C)CN(CC(C)C)CC1CCC2CCCCC2N1. The minimum Gasteiger partial charge on any atom is -0.310 e. The van der Waals surface area contributed by atoms with E-state index in [2.05, 4.69) is 37.9 Å². The van der Waals surface area contributed by atoms with Gasteiger partial charge in [0, 0.05) is 31.7 Å². The number of rotatable bonds is 6. The van der Waals surface area contributed by atoms with Gasteiger partial charge in [0.25, 0.3) is 0 Å². The molecule has 20 heavy (non-hydrogen) atoms. The molecule has 1 saturated carbocycles. The van der Waals surface area contributed by atoms with Crippen molar-refractivity contribution in [2.24, 2.45) is 17.8 Å². The second-order valence-electron chi connectivity index (χ2n) is 8.10. The Kier molecular flexibility index (Phi) is 6.35. The van der Waals surface area contributed by atoms with E-state index >= 15 is 0 Å². The average Bonchev–Trinajstić information content (AvgIpc) is 2.37. The van der Waals surface area contributed by atoms with Crippen molar-refractivity contribution in [1.82, 2.24) is 10.2 Å². The van der Waals surface area contributed by atoms with Crippen LogP contribution >= 0.6 is 0 Å². The van der Waals surface area contributed by atoms with E-state index in [-0.39, 0.29) is 0 Å². The van der Waals surface area contributed by atoms with Crippen molar-refractivity contribution < 1.29 is 0 Å². The molecule has 2 heteroatoms. The van der Waals surface area contributed by atoms with Crippen LogP contribution in [0.5, 0.6) is 0 Å². The topological polar surface area (TPSA) is 15.3 Å². The predicted molar refractivity (Wildman–Crippen MR) is 88.0 cm³/mol. The molecule has 1 saturated heterocycles. The maximum Gasteiger partial charge on any atom is 0.0197 e. The van der Waals surface area contributed by atoms with Gasteiger partial charge in [-0.15, -0.1) is 0 Å². The first-order chi connectivity index (χ1) is 9.54. The van der Waals surface area contributed by atoms with Crippen LogP contribution in [0.4, 0.5) is 0 Å². The third kappa shape index (κ3) is 5.04. The summed E-state index contributed by atoms with van der Waals surface area (Å²) in [6.45, 7) is 13.2. The van der Waals surface area contributed by atoms with Gasteiger partial charge in [0.2, 0.25) is 0 Å². The highest BCUT2D eigenvalue weighted by atomic mass is 15.2. The number of hydrogen-bond donors (Lipinski definition) is 1. The average molecular weight is 280 g/mol. The van der Waals surface area contributed by atoms with Crippen LogP contribution in [0.25, 0.3) is 0 Å². The fourth-order valence-corrected chi connectivity index (χ4v) is 4.29. The summed E-state index contributed by atoms with van der Waals surface area (Å²) >= 11 is 0. The molecule has 1 N–H and O–H groups in total. The van der Waals surface area contributed by atoms with Gasteiger partial charge < -0.3 is 10.2 Å². The molecule has 0 bridgehead atoms. The standard InChI is InChI=1S/C18H36N2/c1-14(2)11-20(12-15(3)4)13-17-10-9-16-7-5-6-8-18(16)19-17/h14-19H,5-13H2,1-4H3. The summed E-state index contributed by atoms with van der Waals surface area (Å²) in [7, 11) is 0. The van der Waals surface area contributed by atoms with Crippen molar-refractivity contribution in [3.8, 4) is 0 Å². The van der Waals surface area contributed by atoms with Gasteiger partial charge in [-0.2, -0.15) is 0 Å². The lowest BCUT2D eigenvalue weighted by Gasteiger charge is -2.42. The number of fused-ring (bicyclic) bond motifs is 1. The van der Waals surface area contributed by atoms with E-state index in [1.165, 1.54) is 58.2 Å². The molecule has 2 fully saturated rings. The molecule has 0 aromatic rings. The van der Waals surface area contributed by atoms with Crippen molar-refractivity contribution in [3.63, 3.8) is 0 Å². The van der Waals surface area contributed by atoms with Crippen LogP contribution in [0, 0.1) is 17.8 Å². The highest BCUT2D eigenvalue weighted by Crippen LogP contribution is 2.32.